The van der Waals surface area contributed by atoms with Crippen LogP contribution in [0.3, 0.4) is 0 Å². The van der Waals surface area contributed by atoms with E-state index in [1.807, 2.05) is 6.07 Å². The predicted molar refractivity (Wildman–Crippen MR) is 81.2 cm³/mol. The fourth-order valence-corrected chi connectivity index (χ4v) is 2.87. The van der Waals surface area contributed by atoms with Gasteiger partial charge in [0.2, 0.25) is 0 Å². The third-order valence-electron chi connectivity index (χ3n) is 3.84. The van der Waals surface area contributed by atoms with Crippen molar-refractivity contribution in [3.63, 3.8) is 0 Å². The van der Waals surface area contributed by atoms with E-state index in [-0.39, 0.29) is 0 Å². The van der Waals surface area contributed by atoms with E-state index in [2.05, 4.69) is 5.32 Å². The zero-order valence-electron chi connectivity index (χ0n) is 12.2. The van der Waals surface area contributed by atoms with E-state index in [1.165, 1.54) is 0 Å². The highest BCUT2D eigenvalue weighted by atomic mass is 35.5. The van der Waals surface area contributed by atoms with Crippen LogP contribution in [0.25, 0.3) is 0 Å². The maximum absolute atomic E-state index is 6.11. The molecule has 1 fully saturated rings. The molecule has 0 heterocycles. The maximum atomic E-state index is 6.11. The molecular weight excluding hydrogens is 278 g/mol. The summed E-state index contributed by atoms with van der Waals surface area (Å²) in [6.07, 6.45) is 4.75. The van der Waals surface area contributed by atoms with Gasteiger partial charge in [-0.2, -0.15) is 0 Å². The fourth-order valence-electron chi connectivity index (χ4n) is 2.64. The lowest BCUT2D eigenvalue weighted by Crippen LogP contribution is -2.29. The van der Waals surface area contributed by atoms with Crippen molar-refractivity contribution < 1.29 is 14.2 Å². The van der Waals surface area contributed by atoms with Gasteiger partial charge in [-0.3, -0.25) is 0 Å². The van der Waals surface area contributed by atoms with Gasteiger partial charge < -0.3 is 19.5 Å². The quantitative estimate of drug-likeness (QED) is 0.899. The number of ether oxygens (including phenoxy) is 3. The molecule has 0 aliphatic heterocycles. The van der Waals surface area contributed by atoms with Crippen molar-refractivity contribution >= 4 is 17.3 Å². The Morgan fingerprint density at radius 2 is 1.65 bits per heavy atom. The summed E-state index contributed by atoms with van der Waals surface area (Å²) in [4.78, 5) is 0. The molecule has 1 aromatic rings. The van der Waals surface area contributed by atoms with Gasteiger partial charge in [0.25, 0.3) is 0 Å². The van der Waals surface area contributed by atoms with Gasteiger partial charge in [0.05, 0.1) is 31.0 Å². The lowest BCUT2D eigenvalue weighted by molar-refractivity contribution is 0.0681. The van der Waals surface area contributed by atoms with E-state index in [1.54, 1.807) is 27.4 Å². The highest BCUT2D eigenvalue weighted by Gasteiger charge is 2.22. The van der Waals surface area contributed by atoms with Crippen LogP contribution in [0.15, 0.2) is 12.1 Å². The number of anilines is 1. The zero-order chi connectivity index (χ0) is 14.5. The van der Waals surface area contributed by atoms with E-state index >= 15 is 0 Å². The van der Waals surface area contributed by atoms with Crippen LogP contribution in [-0.2, 0) is 4.74 Å². The molecule has 1 N–H and O–H groups in total. The molecule has 1 aromatic carbocycles. The summed E-state index contributed by atoms with van der Waals surface area (Å²) in [5, 5.41) is 4.08. The first-order valence-corrected chi connectivity index (χ1v) is 7.26. The number of methoxy groups -OCH3 is 3. The van der Waals surface area contributed by atoms with Crippen LogP contribution in [0.2, 0.25) is 5.02 Å². The van der Waals surface area contributed by atoms with Gasteiger partial charge in [-0.1, -0.05) is 11.6 Å². The van der Waals surface area contributed by atoms with Crippen molar-refractivity contribution in [3.8, 4) is 11.5 Å². The van der Waals surface area contributed by atoms with Crippen molar-refractivity contribution in [1.29, 1.82) is 0 Å². The number of hydrogen-bond acceptors (Lipinski definition) is 4. The topological polar surface area (TPSA) is 39.7 Å². The monoisotopic (exact) mass is 299 g/mol. The highest BCUT2D eigenvalue weighted by molar-refractivity contribution is 6.32. The Kier molecular flexibility index (Phi) is 5.38. The van der Waals surface area contributed by atoms with E-state index in [4.69, 9.17) is 25.8 Å². The van der Waals surface area contributed by atoms with E-state index in [0.29, 0.717) is 22.9 Å². The van der Waals surface area contributed by atoms with Crippen LogP contribution in [0, 0.1) is 0 Å². The van der Waals surface area contributed by atoms with E-state index < -0.39 is 0 Å². The summed E-state index contributed by atoms with van der Waals surface area (Å²) in [7, 11) is 5.04. The minimum atomic E-state index is 0.398. The van der Waals surface area contributed by atoms with Gasteiger partial charge in [-0.15, -0.1) is 0 Å². The molecule has 0 aromatic heterocycles. The van der Waals surface area contributed by atoms with Gasteiger partial charge in [-0.05, 0) is 25.7 Å². The Bertz CT molecular complexity index is 445. The smallest absolute Gasteiger partial charge is 0.143 e. The molecule has 4 nitrogen and oxygen atoms in total. The largest absolute Gasteiger partial charge is 0.495 e. The number of hydrogen-bond donors (Lipinski definition) is 1. The third-order valence-corrected chi connectivity index (χ3v) is 4.14. The SMILES string of the molecule is COc1cc(NC2CCC(OC)CC2)c(OC)cc1Cl. The highest BCUT2D eigenvalue weighted by Crippen LogP contribution is 2.37. The van der Waals surface area contributed by atoms with Crippen molar-refractivity contribution in [3.05, 3.63) is 17.2 Å². The number of halogens is 1. The molecule has 0 bridgehead atoms. The van der Waals surface area contributed by atoms with Crippen molar-refractivity contribution in [2.45, 2.75) is 37.8 Å². The normalized spacial score (nSPS) is 22.4. The Morgan fingerprint density at radius 3 is 2.20 bits per heavy atom. The van der Waals surface area contributed by atoms with Crippen molar-refractivity contribution in [1.82, 2.24) is 0 Å². The van der Waals surface area contributed by atoms with Gasteiger partial charge in [0, 0.05) is 25.3 Å². The van der Waals surface area contributed by atoms with E-state index in [9.17, 15) is 0 Å². The third kappa shape index (κ3) is 3.49. The lowest BCUT2D eigenvalue weighted by atomic mass is 9.93. The number of benzene rings is 1. The molecule has 0 atom stereocenters. The second kappa shape index (κ2) is 7.04. The molecule has 1 saturated carbocycles. The first-order valence-electron chi connectivity index (χ1n) is 6.88. The van der Waals surface area contributed by atoms with Crippen LogP contribution in [0.1, 0.15) is 25.7 Å². The van der Waals surface area contributed by atoms with Crippen LogP contribution < -0.4 is 14.8 Å². The Labute approximate surface area is 125 Å². The van der Waals surface area contributed by atoms with Crippen molar-refractivity contribution in [2.75, 3.05) is 26.6 Å². The molecule has 0 amide bonds. The maximum Gasteiger partial charge on any atom is 0.143 e. The number of nitrogens with one attached hydrogen (secondary N) is 1. The molecule has 1 aliphatic rings. The van der Waals surface area contributed by atoms with Gasteiger partial charge in [0.1, 0.15) is 11.5 Å². The van der Waals surface area contributed by atoms with Gasteiger partial charge >= 0.3 is 0 Å². The summed E-state index contributed by atoms with van der Waals surface area (Å²) < 4.78 is 16.0. The van der Waals surface area contributed by atoms with Gasteiger partial charge in [0.15, 0.2) is 0 Å². The van der Waals surface area contributed by atoms with Crippen LogP contribution >= 0.6 is 11.6 Å². The molecule has 1 aliphatic carbocycles. The first kappa shape index (κ1) is 15.3. The van der Waals surface area contributed by atoms with Crippen molar-refractivity contribution in [2.24, 2.45) is 0 Å². The Hall–Kier alpha value is -1.13. The van der Waals surface area contributed by atoms with Crippen LogP contribution in [0.5, 0.6) is 11.5 Å². The molecule has 20 heavy (non-hydrogen) atoms. The molecule has 2 rings (SSSR count). The standard InChI is InChI=1S/C15H22ClNO3/c1-18-11-6-4-10(5-7-11)17-13-9-14(19-2)12(16)8-15(13)20-3/h8-11,17H,4-7H2,1-3H3. The zero-order valence-corrected chi connectivity index (χ0v) is 13.0. The Morgan fingerprint density at radius 1 is 1.00 bits per heavy atom. The second-order valence-electron chi connectivity index (χ2n) is 5.04. The average molecular weight is 300 g/mol. The van der Waals surface area contributed by atoms with Crippen LogP contribution in [0.4, 0.5) is 5.69 Å². The molecule has 0 saturated heterocycles. The minimum absolute atomic E-state index is 0.398. The Balaban J connectivity index is 2.08. The average Bonchev–Trinajstić information content (AvgIpc) is 2.49. The molecule has 0 unspecified atom stereocenters. The lowest BCUT2D eigenvalue weighted by Gasteiger charge is -2.29. The van der Waals surface area contributed by atoms with E-state index in [0.717, 1.165) is 37.1 Å². The molecule has 5 heteroatoms. The fraction of sp³-hybridized carbons (Fsp3) is 0.600. The molecular formula is C15H22ClNO3. The molecule has 0 radical (unpaired) electrons. The van der Waals surface area contributed by atoms with Gasteiger partial charge in [-0.25, -0.2) is 0 Å². The number of rotatable bonds is 5. The molecule has 0 spiro atoms. The summed E-state index contributed by atoms with van der Waals surface area (Å²) in [5.41, 5.74) is 0.926. The summed E-state index contributed by atoms with van der Waals surface area (Å²) in [5.74, 6) is 1.39. The molecule has 112 valence electrons. The van der Waals surface area contributed by atoms with Crippen LogP contribution in [-0.4, -0.2) is 33.5 Å². The second-order valence-corrected chi connectivity index (χ2v) is 5.45. The summed E-state index contributed by atoms with van der Waals surface area (Å²) in [6.45, 7) is 0. The first-order chi connectivity index (χ1) is 9.67. The minimum Gasteiger partial charge on any atom is -0.495 e. The predicted octanol–water partition coefficient (Wildman–Crippen LogP) is 3.73. The summed E-state index contributed by atoms with van der Waals surface area (Å²) >= 11 is 6.11. The summed E-state index contributed by atoms with van der Waals surface area (Å²) in [6, 6.07) is 4.11.